The number of aliphatic imine (C=N–C) groups is 1. The fraction of sp³-hybridized carbons (Fsp3) is 0.435. The van der Waals surface area contributed by atoms with E-state index in [0.29, 0.717) is 13.2 Å². The van der Waals surface area contributed by atoms with Crippen LogP contribution in [0.15, 0.2) is 53.5 Å². The first-order valence-electron chi connectivity index (χ1n) is 10.3. The number of halogens is 1. The van der Waals surface area contributed by atoms with Gasteiger partial charge in [0, 0.05) is 50.4 Å². The molecule has 2 heterocycles. The third kappa shape index (κ3) is 5.37. The Labute approximate surface area is 195 Å². The van der Waals surface area contributed by atoms with Crippen LogP contribution in [-0.4, -0.2) is 46.0 Å². The summed E-state index contributed by atoms with van der Waals surface area (Å²) in [7, 11) is 1.79. The molecule has 0 aliphatic carbocycles. The molecule has 162 valence electrons. The number of fused-ring (bicyclic) bond motifs is 1. The maximum absolute atomic E-state index is 5.79. The molecule has 2 aromatic rings. The minimum Gasteiger partial charge on any atom is -0.490 e. The first kappa shape index (κ1) is 22.7. The van der Waals surface area contributed by atoms with E-state index in [2.05, 4.69) is 46.0 Å². The molecule has 2 N–H and O–H groups in total. The van der Waals surface area contributed by atoms with Crippen molar-refractivity contribution in [2.75, 3.05) is 45.3 Å². The molecule has 0 spiro atoms. The summed E-state index contributed by atoms with van der Waals surface area (Å²) < 4.78 is 17.1. The van der Waals surface area contributed by atoms with E-state index in [0.717, 1.165) is 62.2 Å². The van der Waals surface area contributed by atoms with Crippen molar-refractivity contribution in [3.05, 3.63) is 54.1 Å². The summed E-state index contributed by atoms with van der Waals surface area (Å²) in [4.78, 5) is 4.41. The van der Waals surface area contributed by atoms with Crippen molar-refractivity contribution in [1.29, 1.82) is 0 Å². The number of benzene rings is 2. The zero-order valence-corrected chi connectivity index (χ0v) is 19.7. The van der Waals surface area contributed by atoms with Crippen molar-refractivity contribution >= 4 is 35.6 Å². The summed E-state index contributed by atoms with van der Waals surface area (Å²) in [5, 5.41) is 6.91. The Balaban J connectivity index is 0.00000256. The van der Waals surface area contributed by atoms with Crippen molar-refractivity contribution in [1.82, 2.24) is 5.32 Å². The molecular weight excluding hydrogens is 493 g/mol. The van der Waals surface area contributed by atoms with Gasteiger partial charge in [-0.2, -0.15) is 0 Å². The van der Waals surface area contributed by atoms with Gasteiger partial charge in [0.25, 0.3) is 0 Å². The molecule has 0 bridgehead atoms. The largest absolute Gasteiger partial charge is 0.490 e. The van der Waals surface area contributed by atoms with Crippen molar-refractivity contribution in [3.8, 4) is 11.5 Å². The molecule has 30 heavy (non-hydrogen) atoms. The lowest BCUT2D eigenvalue weighted by atomic mass is 9.74. The number of nitrogens with zero attached hydrogens (tertiary/aromatic N) is 1. The Hall–Kier alpha value is -2.00. The van der Waals surface area contributed by atoms with Gasteiger partial charge in [0.15, 0.2) is 17.5 Å². The molecule has 6 nitrogen and oxygen atoms in total. The number of nitrogens with one attached hydrogen (secondary N) is 2. The van der Waals surface area contributed by atoms with E-state index in [4.69, 9.17) is 14.2 Å². The van der Waals surface area contributed by atoms with Crippen LogP contribution < -0.4 is 20.1 Å². The molecule has 0 atom stereocenters. The molecule has 1 saturated heterocycles. The topological polar surface area (TPSA) is 64.1 Å². The second-order valence-electron chi connectivity index (χ2n) is 7.52. The standard InChI is InChI=1S/C23H29N3O3.HI/c1-24-22(26-19-8-9-20-21(16-19)29-13-5-12-28-20)25-17-23(10-14-27-15-11-23)18-6-3-2-4-7-18;/h2-4,6-9,16H,5,10-15,17H2,1H3,(H2,24,25,26);1H. The maximum atomic E-state index is 5.79. The average molecular weight is 523 g/mol. The Morgan fingerprint density at radius 1 is 0.967 bits per heavy atom. The Kier molecular flexibility index (Phi) is 8.21. The van der Waals surface area contributed by atoms with E-state index in [1.807, 2.05) is 18.2 Å². The van der Waals surface area contributed by atoms with Gasteiger partial charge in [0.05, 0.1) is 13.2 Å². The minimum atomic E-state index is 0. The third-order valence-corrected chi connectivity index (χ3v) is 5.66. The van der Waals surface area contributed by atoms with Gasteiger partial charge in [-0.3, -0.25) is 4.99 Å². The van der Waals surface area contributed by atoms with Gasteiger partial charge in [-0.1, -0.05) is 30.3 Å². The molecule has 1 fully saturated rings. The number of hydrogen-bond donors (Lipinski definition) is 2. The second-order valence-corrected chi connectivity index (χ2v) is 7.52. The zero-order chi connectivity index (χ0) is 19.9. The highest BCUT2D eigenvalue weighted by Crippen LogP contribution is 2.34. The van der Waals surface area contributed by atoms with Crippen molar-refractivity contribution in [2.45, 2.75) is 24.7 Å². The van der Waals surface area contributed by atoms with Gasteiger partial charge in [-0.25, -0.2) is 0 Å². The number of guanidine groups is 1. The molecule has 0 aromatic heterocycles. The highest BCUT2D eigenvalue weighted by Gasteiger charge is 2.34. The molecule has 0 amide bonds. The van der Waals surface area contributed by atoms with Crippen molar-refractivity contribution in [3.63, 3.8) is 0 Å². The monoisotopic (exact) mass is 523 g/mol. The van der Waals surface area contributed by atoms with Gasteiger partial charge in [-0.15, -0.1) is 24.0 Å². The van der Waals surface area contributed by atoms with Crippen LogP contribution in [-0.2, 0) is 10.2 Å². The van der Waals surface area contributed by atoms with Gasteiger partial charge in [0.2, 0.25) is 0 Å². The van der Waals surface area contributed by atoms with Crippen LogP contribution in [0.4, 0.5) is 5.69 Å². The average Bonchev–Trinajstić information content (AvgIpc) is 3.03. The van der Waals surface area contributed by atoms with Gasteiger partial charge in [-0.05, 0) is 30.5 Å². The fourth-order valence-electron chi connectivity index (χ4n) is 3.93. The lowest BCUT2D eigenvalue weighted by Crippen LogP contribution is -2.46. The number of ether oxygens (including phenoxy) is 3. The highest BCUT2D eigenvalue weighted by molar-refractivity contribution is 14.0. The van der Waals surface area contributed by atoms with Gasteiger partial charge < -0.3 is 24.8 Å². The lowest BCUT2D eigenvalue weighted by Gasteiger charge is -2.38. The Bertz CT molecular complexity index is 839. The maximum Gasteiger partial charge on any atom is 0.195 e. The van der Waals surface area contributed by atoms with Crippen LogP contribution in [0, 0.1) is 0 Å². The van der Waals surface area contributed by atoms with Crippen LogP contribution in [0.2, 0.25) is 0 Å². The van der Waals surface area contributed by atoms with Crippen LogP contribution in [0.3, 0.4) is 0 Å². The van der Waals surface area contributed by atoms with E-state index in [1.54, 1.807) is 7.05 Å². The third-order valence-electron chi connectivity index (χ3n) is 5.66. The summed E-state index contributed by atoms with van der Waals surface area (Å²) in [5.74, 6) is 2.30. The molecule has 4 rings (SSSR count). The summed E-state index contributed by atoms with van der Waals surface area (Å²) in [6.07, 6.45) is 2.88. The zero-order valence-electron chi connectivity index (χ0n) is 17.4. The smallest absolute Gasteiger partial charge is 0.195 e. The number of hydrogen-bond acceptors (Lipinski definition) is 4. The van der Waals surface area contributed by atoms with E-state index in [9.17, 15) is 0 Å². The van der Waals surface area contributed by atoms with E-state index < -0.39 is 0 Å². The van der Waals surface area contributed by atoms with E-state index in [-0.39, 0.29) is 29.4 Å². The Morgan fingerprint density at radius 3 is 2.43 bits per heavy atom. The van der Waals surface area contributed by atoms with Crippen molar-refractivity contribution in [2.24, 2.45) is 4.99 Å². The Morgan fingerprint density at radius 2 is 1.70 bits per heavy atom. The van der Waals surface area contributed by atoms with Crippen LogP contribution in [0.25, 0.3) is 0 Å². The summed E-state index contributed by atoms with van der Waals surface area (Å²) >= 11 is 0. The van der Waals surface area contributed by atoms with Crippen LogP contribution in [0.5, 0.6) is 11.5 Å². The first-order valence-corrected chi connectivity index (χ1v) is 10.3. The number of anilines is 1. The first-order chi connectivity index (χ1) is 14.3. The van der Waals surface area contributed by atoms with Crippen molar-refractivity contribution < 1.29 is 14.2 Å². The normalized spacial score (nSPS) is 18.0. The second kappa shape index (κ2) is 10.9. The minimum absolute atomic E-state index is 0. The molecule has 0 unspecified atom stereocenters. The summed E-state index contributed by atoms with van der Waals surface area (Å²) in [5.41, 5.74) is 2.31. The summed E-state index contributed by atoms with van der Waals surface area (Å²) in [6.45, 7) is 3.72. The van der Waals surface area contributed by atoms with Gasteiger partial charge >= 0.3 is 0 Å². The molecular formula is C23H30IN3O3. The molecule has 2 aliphatic heterocycles. The van der Waals surface area contributed by atoms with Crippen LogP contribution >= 0.6 is 24.0 Å². The predicted octanol–water partition coefficient (Wildman–Crippen LogP) is 4.20. The summed E-state index contributed by atoms with van der Waals surface area (Å²) in [6, 6.07) is 16.6. The van der Waals surface area contributed by atoms with E-state index >= 15 is 0 Å². The highest BCUT2D eigenvalue weighted by atomic mass is 127. The predicted molar refractivity (Wildman–Crippen MR) is 131 cm³/mol. The molecule has 7 heteroatoms. The molecule has 2 aromatic carbocycles. The SMILES string of the molecule is CN=C(NCC1(c2ccccc2)CCOCC1)Nc1ccc2c(c1)OCCCO2.I. The molecule has 2 aliphatic rings. The molecule has 0 saturated carbocycles. The van der Waals surface area contributed by atoms with E-state index in [1.165, 1.54) is 5.56 Å². The number of rotatable bonds is 4. The molecule has 0 radical (unpaired) electrons. The van der Waals surface area contributed by atoms with Gasteiger partial charge in [0.1, 0.15) is 0 Å². The quantitative estimate of drug-likeness (QED) is 0.358. The fourth-order valence-corrected chi connectivity index (χ4v) is 3.93. The van der Waals surface area contributed by atoms with Crippen LogP contribution in [0.1, 0.15) is 24.8 Å². The lowest BCUT2D eigenvalue weighted by molar-refractivity contribution is 0.0514.